The molecule has 0 heterocycles. The van der Waals surface area contributed by atoms with Crippen molar-refractivity contribution in [2.75, 3.05) is 39.6 Å². The van der Waals surface area contributed by atoms with Crippen LogP contribution in [0.3, 0.4) is 0 Å². The number of ether oxygens (including phenoxy) is 4. The van der Waals surface area contributed by atoms with Gasteiger partial charge in [0.2, 0.25) is 0 Å². The lowest BCUT2D eigenvalue weighted by Crippen LogP contribution is -2.30. The van der Waals surface area contributed by atoms with Gasteiger partial charge in [-0.15, -0.1) is 0 Å². The summed E-state index contributed by atoms with van der Waals surface area (Å²) in [6, 6.07) is 0. The summed E-state index contributed by atoms with van der Waals surface area (Å²) in [5.41, 5.74) is 0. The van der Waals surface area contributed by atoms with Crippen molar-refractivity contribution in [3.05, 3.63) is 24.3 Å². The van der Waals surface area contributed by atoms with Gasteiger partial charge in [-0.1, -0.05) is 361 Å². The zero-order valence-electron chi connectivity index (χ0n) is 65.5. The topological polar surface area (TPSA) is 237 Å². The number of rotatable bonds is 80. The molecule has 0 aromatic carbocycles. The number of aliphatic hydroxyl groups excluding tert-OH is 1. The van der Waals surface area contributed by atoms with Gasteiger partial charge in [0.05, 0.1) is 26.4 Å². The van der Waals surface area contributed by atoms with Crippen molar-refractivity contribution in [1.82, 2.24) is 0 Å². The fourth-order valence-corrected chi connectivity index (χ4v) is 13.8. The van der Waals surface area contributed by atoms with Crippen LogP contribution in [0.25, 0.3) is 0 Å². The number of allylic oxidation sites excluding steroid dienone is 4. The van der Waals surface area contributed by atoms with E-state index < -0.39 is 97.5 Å². The van der Waals surface area contributed by atoms with Crippen molar-refractivity contribution in [3.8, 4) is 0 Å². The van der Waals surface area contributed by atoms with Gasteiger partial charge >= 0.3 is 39.5 Å². The molecule has 0 aliphatic carbocycles. The van der Waals surface area contributed by atoms with E-state index in [-0.39, 0.29) is 25.7 Å². The molecule has 0 aliphatic rings. The van der Waals surface area contributed by atoms with Crippen molar-refractivity contribution >= 4 is 39.5 Å². The van der Waals surface area contributed by atoms with Crippen molar-refractivity contribution in [2.24, 2.45) is 5.92 Å². The van der Waals surface area contributed by atoms with E-state index in [2.05, 4.69) is 58.9 Å². The first kappa shape index (κ1) is 98.5. The largest absolute Gasteiger partial charge is 0.472 e. The third-order valence-electron chi connectivity index (χ3n) is 18.7. The van der Waals surface area contributed by atoms with E-state index >= 15 is 0 Å². The lowest BCUT2D eigenvalue weighted by atomic mass is 10.0. The van der Waals surface area contributed by atoms with Gasteiger partial charge in [0.25, 0.3) is 0 Å². The molecule has 101 heavy (non-hydrogen) atoms. The Kier molecular flexibility index (Phi) is 72.6. The van der Waals surface area contributed by atoms with E-state index in [4.69, 9.17) is 37.0 Å². The zero-order chi connectivity index (χ0) is 74.1. The number of esters is 4. The summed E-state index contributed by atoms with van der Waals surface area (Å²) >= 11 is 0. The maximum Gasteiger partial charge on any atom is 0.472 e. The van der Waals surface area contributed by atoms with E-state index in [0.29, 0.717) is 25.7 Å². The third kappa shape index (κ3) is 75.6. The highest BCUT2D eigenvalue weighted by Gasteiger charge is 2.30. The second-order valence-electron chi connectivity index (χ2n) is 29.3. The smallest absolute Gasteiger partial charge is 0.462 e. The van der Waals surface area contributed by atoms with Crippen molar-refractivity contribution in [1.29, 1.82) is 0 Å². The fraction of sp³-hybridized carbons (Fsp3) is 0.902. The molecule has 0 spiro atoms. The lowest BCUT2D eigenvalue weighted by Gasteiger charge is -2.21. The Bertz CT molecular complexity index is 2020. The van der Waals surface area contributed by atoms with Gasteiger partial charge in [0.1, 0.15) is 19.3 Å². The Labute approximate surface area is 618 Å². The van der Waals surface area contributed by atoms with Crippen LogP contribution in [0.2, 0.25) is 0 Å². The van der Waals surface area contributed by atoms with Crippen LogP contribution in [-0.4, -0.2) is 96.7 Å². The second kappa shape index (κ2) is 74.4. The summed E-state index contributed by atoms with van der Waals surface area (Å²) in [4.78, 5) is 73.0. The molecule has 0 bridgehead atoms. The van der Waals surface area contributed by atoms with E-state index in [1.54, 1.807) is 0 Å². The normalized spacial score (nSPS) is 14.0. The van der Waals surface area contributed by atoms with E-state index in [1.807, 2.05) is 0 Å². The molecule has 0 rings (SSSR count). The minimum Gasteiger partial charge on any atom is -0.462 e. The highest BCUT2D eigenvalue weighted by Crippen LogP contribution is 2.45. The Morgan fingerprint density at radius 2 is 0.535 bits per heavy atom. The Hall–Kier alpha value is -2.46. The molecule has 0 aromatic heterocycles. The predicted octanol–water partition coefficient (Wildman–Crippen LogP) is 24.4. The molecule has 596 valence electrons. The van der Waals surface area contributed by atoms with Gasteiger partial charge in [-0.05, 0) is 57.3 Å². The van der Waals surface area contributed by atoms with E-state index in [9.17, 15) is 43.2 Å². The summed E-state index contributed by atoms with van der Waals surface area (Å²) in [7, 11) is -9.93. The van der Waals surface area contributed by atoms with Gasteiger partial charge < -0.3 is 33.8 Å². The monoisotopic (exact) mass is 1480 g/mol. The SMILES string of the molecule is CCCCCC/C=C\C=C/CCCCCCCC(=O)O[C@H](COC(=O)CCCCCCCCCCC(C)C)COP(=O)(O)OC[C@H](O)COP(=O)(O)OC[C@@H](COC(=O)CCCCCCCCCCCCCCCCCCC)OC(=O)CCCCCCCCCCCCCCCCCCCC. The fourth-order valence-electron chi connectivity index (χ4n) is 12.2. The molecular formula is C82H156O17P2. The van der Waals surface area contributed by atoms with E-state index in [1.165, 1.54) is 225 Å². The van der Waals surface area contributed by atoms with Gasteiger partial charge in [0.15, 0.2) is 12.2 Å². The number of hydrogen-bond acceptors (Lipinski definition) is 15. The molecule has 0 saturated heterocycles. The first-order chi connectivity index (χ1) is 49.0. The highest BCUT2D eigenvalue weighted by atomic mass is 31.2. The molecule has 0 saturated carbocycles. The van der Waals surface area contributed by atoms with Gasteiger partial charge in [-0.25, -0.2) is 9.13 Å². The summed E-state index contributed by atoms with van der Waals surface area (Å²) < 4.78 is 68.7. The summed E-state index contributed by atoms with van der Waals surface area (Å²) in [5.74, 6) is -1.41. The Morgan fingerprint density at radius 3 is 0.812 bits per heavy atom. The first-order valence-electron chi connectivity index (χ1n) is 42.0. The van der Waals surface area contributed by atoms with Crippen LogP contribution in [0.5, 0.6) is 0 Å². The maximum atomic E-state index is 13.1. The average Bonchev–Trinajstić information content (AvgIpc) is 1.56. The number of phosphoric ester groups is 2. The van der Waals surface area contributed by atoms with Gasteiger partial charge in [0, 0.05) is 25.7 Å². The van der Waals surface area contributed by atoms with Crippen molar-refractivity contribution in [2.45, 2.75) is 432 Å². The second-order valence-corrected chi connectivity index (χ2v) is 32.2. The van der Waals surface area contributed by atoms with Crippen molar-refractivity contribution < 1.29 is 80.2 Å². The molecule has 0 aliphatic heterocycles. The highest BCUT2D eigenvalue weighted by molar-refractivity contribution is 7.47. The quantitative estimate of drug-likeness (QED) is 0.0169. The molecule has 0 aromatic rings. The Balaban J connectivity index is 5.28. The number of carbonyl (C=O) groups excluding carboxylic acids is 4. The van der Waals surface area contributed by atoms with Crippen LogP contribution < -0.4 is 0 Å². The lowest BCUT2D eigenvalue weighted by molar-refractivity contribution is -0.161. The number of aliphatic hydroxyl groups is 1. The molecule has 19 heteroatoms. The predicted molar refractivity (Wildman–Crippen MR) is 414 cm³/mol. The summed E-state index contributed by atoms with van der Waals surface area (Å²) in [6.45, 7) is 7.23. The molecule has 17 nitrogen and oxygen atoms in total. The minimum atomic E-state index is -4.97. The maximum absolute atomic E-state index is 13.1. The van der Waals surface area contributed by atoms with Crippen LogP contribution in [0, 0.1) is 5.92 Å². The molecular weight excluding hydrogens is 1320 g/mol. The molecule has 0 fully saturated rings. The minimum absolute atomic E-state index is 0.0849. The van der Waals surface area contributed by atoms with Crippen LogP contribution in [0.4, 0.5) is 0 Å². The van der Waals surface area contributed by atoms with E-state index in [0.717, 1.165) is 109 Å². The molecule has 2 unspecified atom stereocenters. The molecule has 0 amide bonds. The van der Waals surface area contributed by atoms with Crippen LogP contribution in [0.15, 0.2) is 24.3 Å². The van der Waals surface area contributed by atoms with Crippen LogP contribution in [0.1, 0.15) is 413 Å². The standard InChI is InChI=1S/C82H156O17P2/c1-6-9-12-15-18-21-24-27-30-32-34-37-40-43-46-53-58-63-68-81(86)98-77(71-92-79(84)65-60-55-50-44-41-38-36-33-31-28-25-22-19-16-13-10-7-2)73-96-100(88,89)94-69-76(83)70-95-101(90,91)97-74-78(72-93-80(85)66-61-56-51-48-47-49-54-59-64-75(4)5)99-82(87)67-62-57-52-45-42-39-35-29-26-23-20-17-14-11-8-3/h23,26,29,35,75-78,83H,6-22,24-25,27-28,30-34,36-74H2,1-5H3,(H,88,89)(H,90,91)/b26-23-,35-29-/t76-,77-,78-/m1/s1. The molecule has 3 N–H and O–H groups in total. The number of unbranched alkanes of at least 4 members (excludes halogenated alkanes) is 49. The summed E-state index contributed by atoms with van der Waals surface area (Å²) in [5, 5.41) is 10.6. The third-order valence-corrected chi connectivity index (χ3v) is 20.6. The average molecular weight is 1480 g/mol. The molecule has 5 atom stereocenters. The van der Waals surface area contributed by atoms with Crippen LogP contribution >= 0.6 is 15.6 Å². The van der Waals surface area contributed by atoms with Crippen LogP contribution in [-0.2, 0) is 65.4 Å². The number of carbonyl (C=O) groups is 4. The van der Waals surface area contributed by atoms with Gasteiger partial charge in [-0.3, -0.25) is 37.3 Å². The Morgan fingerprint density at radius 1 is 0.307 bits per heavy atom. The molecule has 0 radical (unpaired) electrons. The zero-order valence-corrected chi connectivity index (χ0v) is 67.3. The van der Waals surface area contributed by atoms with Crippen molar-refractivity contribution in [3.63, 3.8) is 0 Å². The van der Waals surface area contributed by atoms with Gasteiger partial charge in [-0.2, -0.15) is 0 Å². The number of hydrogen-bond donors (Lipinski definition) is 3. The first-order valence-corrected chi connectivity index (χ1v) is 44.9. The summed E-state index contributed by atoms with van der Waals surface area (Å²) in [6.07, 6.45) is 68.8. The number of phosphoric acid groups is 2.